The Morgan fingerprint density at radius 2 is 2.33 bits per heavy atom. The molecule has 1 aliphatic carbocycles. The first-order valence-corrected chi connectivity index (χ1v) is 5.89. The molecule has 0 bridgehead atoms. The quantitative estimate of drug-likeness (QED) is 0.722. The molecule has 2 aliphatic rings. The van der Waals surface area contributed by atoms with E-state index >= 15 is 0 Å². The molecule has 1 aliphatic heterocycles. The fraction of sp³-hybridized carbons (Fsp3) is 0.286. The van der Waals surface area contributed by atoms with Gasteiger partial charge in [0.15, 0.2) is 0 Å². The highest BCUT2D eigenvalue weighted by molar-refractivity contribution is 5.69. The number of rotatable bonds is 0. The molecule has 1 aromatic rings. The van der Waals surface area contributed by atoms with Crippen LogP contribution in [0.25, 0.3) is 0 Å². The summed E-state index contributed by atoms with van der Waals surface area (Å²) < 4.78 is 0. The molecule has 3 rings (SSSR count). The van der Waals surface area contributed by atoms with Gasteiger partial charge >= 0.3 is 0 Å². The SMILES string of the molecule is Cc1cnc2c(c1)C1(C)C(=CC(C#N)=CC1N)N2. The van der Waals surface area contributed by atoms with Gasteiger partial charge in [-0.15, -0.1) is 0 Å². The van der Waals surface area contributed by atoms with Crippen LogP contribution < -0.4 is 11.1 Å². The van der Waals surface area contributed by atoms with E-state index in [-0.39, 0.29) is 11.5 Å². The Labute approximate surface area is 106 Å². The molecule has 0 radical (unpaired) electrons. The molecule has 2 unspecified atom stereocenters. The zero-order chi connectivity index (χ0) is 12.9. The number of hydrogen-bond acceptors (Lipinski definition) is 4. The molecular formula is C14H14N4. The van der Waals surface area contributed by atoms with Gasteiger partial charge in [0.05, 0.1) is 17.1 Å². The molecule has 2 atom stereocenters. The largest absolute Gasteiger partial charge is 0.343 e. The molecular weight excluding hydrogens is 224 g/mol. The molecule has 4 heteroatoms. The summed E-state index contributed by atoms with van der Waals surface area (Å²) in [5, 5.41) is 12.3. The average Bonchev–Trinajstić information content (AvgIpc) is 2.64. The molecule has 4 nitrogen and oxygen atoms in total. The zero-order valence-electron chi connectivity index (χ0n) is 10.4. The lowest BCUT2D eigenvalue weighted by Crippen LogP contribution is -2.44. The van der Waals surface area contributed by atoms with Gasteiger partial charge in [-0.05, 0) is 37.6 Å². The third kappa shape index (κ3) is 1.25. The molecule has 0 saturated carbocycles. The molecule has 90 valence electrons. The van der Waals surface area contributed by atoms with Crippen molar-refractivity contribution in [3.63, 3.8) is 0 Å². The van der Waals surface area contributed by atoms with Crippen LogP contribution in [-0.2, 0) is 5.41 Å². The average molecular weight is 238 g/mol. The lowest BCUT2D eigenvalue weighted by atomic mass is 9.72. The number of allylic oxidation sites excluding steroid dienone is 2. The first kappa shape index (κ1) is 11.0. The molecule has 1 aromatic heterocycles. The van der Waals surface area contributed by atoms with E-state index in [1.165, 1.54) is 0 Å². The Hall–Kier alpha value is -2.12. The molecule has 0 amide bonds. The number of nitrogens with one attached hydrogen (secondary N) is 1. The molecule has 0 spiro atoms. The van der Waals surface area contributed by atoms with E-state index in [0.717, 1.165) is 22.6 Å². The second-order valence-corrected chi connectivity index (χ2v) is 5.05. The maximum atomic E-state index is 9.01. The number of nitrogens with two attached hydrogens (primary N) is 1. The van der Waals surface area contributed by atoms with Crippen LogP contribution in [0.3, 0.4) is 0 Å². The molecule has 18 heavy (non-hydrogen) atoms. The van der Waals surface area contributed by atoms with Crippen molar-refractivity contribution in [3.05, 3.63) is 46.8 Å². The highest BCUT2D eigenvalue weighted by atomic mass is 15.1. The fourth-order valence-corrected chi connectivity index (χ4v) is 2.65. The van der Waals surface area contributed by atoms with E-state index in [4.69, 9.17) is 11.0 Å². The minimum absolute atomic E-state index is 0.218. The smallest absolute Gasteiger partial charge is 0.134 e. The highest BCUT2D eigenvalue weighted by Crippen LogP contribution is 2.47. The van der Waals surface area contributed by atoms with E-state index in [9.17, 15) is 0 Å². The van der Waals surface area contributed by atoms with Crippen molar-refractivity contribution in [1.29, 1.82) is 5.26 Å². The van der Waals surface area contributed by atoms with E-state index in [1.807, 2.05) is 25.3 Å². The van der Waals surface area contributed by atoms with E-state index in [0.29, 0.717) is 5.57 Å². The second-order valence-electron chi connectivity index (χ2n) is 5.05. The topological polar surface area (TPSA) is 74.7 Å². The third-order valence-corrected chi connectivity index (χ3v) is 3.85. The van der Waals surface area contributed by atoms with Crippen molar-refractivity contribution in [2.75, 3.05) is 5.32 Å². The number of aromatic nitrogens is 1. The van der Waals surface area contributed by atoms with Gasteiger partial charge in [0, 0.05) is 23.5 Å². The Morgan fingerprint density at radius 1 is 1.56 bits per heavy atom. The standard InChI is InChI=1S/C14H14N4/c1-8-3-10-13(17-7-8)18-12-5-9(6-15)4-11(16)14(10,12)2/h3-5,7,11H,16H2,1-2H3,(H,17,18). The minimum Gasteiger partial charge on any atom is -0.343 e. The first-order valence-electron chi connectivity index (χ1n) is 5.89. The van der Waals surface area contributed by atoms with Crippen LogP contribution in [-0.4, -0.2) is 11.0 Å². The number of nitriles is 1. The Balaban J connectivity index is 2.21. The lowest BCUT2D eigenvalue weighted by Gasteiger charge is -2.33. The van der Waals surface area contributed by atoms with E-state index in [2.05, 4.69) is 29.4 Å². The second kappa shape index (κ2) is 3.44. The summed E-state index contributed by atoms with van der Waals surface area (Å²) >= 11 is 0. The fourth-order valence-electron chi connectivity index (χ4n) is 2.65. The van der Waals surface area contributed by atoms with Crippen molar-refractivity contribution < 1.29 is 0 Å². The number of anilines is 1. The van der Waals surface area contributed by atoms with Crippen molar-refractivity contribution in [2.45, 2.75) is 25.3 Å². The number of fused-ring (bicyclic) bond motifs is 3. The van der Waals surface area contributed by atoms with Crippen LogP contribution in [0.1, 0.15) is 18.1 Å². The first-order chi connectivity index (χ1) is 8.55. The van der Waals surface area contributed by atoms with Crippen LogP contribution in [0, 0.1) is 18.3 Å². The summed E-state index contributed by atoms with van der Waals surface area (Å²) in [6.07, 6.45) is 5.51. The van der Waals surface area contributed by atoms with Crippen LogP contribution in [0.2, 0.25) is 0 Å². The summed E-state index contributed by atoms with van der Waals surface area (Å²) in [6.45, 7) is 4.11. The zero-order valence-corrected chi connectivity index (χ0v) is 10.4. The number of hydrogen-bond donors (Lipinski definition) is 2. The van der Waals surface area contributed by atoms with E-state index < -0.39 is 0 Å². The highest BCUT2D eigenvalue weighted by Gasteiger charge is 2.45. The van der Waals surface area contributed by atoms with Crippen LogP contribution in [0.4, 0.5) is 5.82 Å². The minimum atomic E-state index is -0.311. The number of pyridine rings is 1. The van der Waals surface area contributed by atoms with Gasteiger partial charge in [-0.25, -0.2) is 4.98 Å². The summed E-state index contributed by atoms with van der Waals surface area (Å²) in [5.41, 5.74) is 9.72. The molecule has 2 heterocycles. The lowest BCUT2D eigenvalue weighted by molar-refractivity contribution is 0.506. The number of nitrogens with zero attached hydrogens (tertiary/aromatic N) is 2. The van der Waals surface area contributed by atoms with Gasteiger partial charge < -0.3 is 11.1 Å². The molecule has 3 N–H and O–H groups in total. The Bertz CT molecular complexity index is 636. The molecule has 0 fully saturated rings. The van der Waals surface area contributed by atoms with Gasteiger partial charge in [0.25, 0.3) is 0 Å². The van der Waals surface area contributed by atoms with Gasteiger partial charge in [0.1, 0.15) is 5.82 Å². The molecule has 0 aromatic carbocycles. The van der Waals surface area contributed by atoms with Gasteiger partial charge in [-0.2, -0.15) is 5.26 Å². The van der Waals surface area contributed by atoms with Crippen molar-refractivity contribution >= 4 is 5.82 Å². The monoisotopic (exact) mass is 238 g/mol. The number of aryl methyl sites for hydroxylation is 1. The summed E-state index contributed by atoms with van der Waals surface area (Å²) in [7, 11) is 0. The predicted octanol–water partition coefficient (Wildman–Crippen LogP) is 1.75. The van der Waals surface area contributed by atoms with Crippen molar-refractivity contribution in [3.8, 4) is 6.07 Å². The van der Waals surface area contributed by atoms with E-state index in [1.54, 1.807) is 0 Å². The maximum Gasteiger partial charge on any atom is 0.134 e. The molecule has 0 saturated heterocycles. The Kier molecular flexibility index (Phi) is 2.10. The summed E-state index contributed by atoms with van der Waals surface area (Å²) in [6, 6.07) is 4.04. The van der Waals surface area contributed by atoms with Crippen LogP contribution in [0.5, 0.6) is 0 Å². The summed E-state index contributed by atoms with van der Waals surface area (Å²) in [5.74, 6) is 0.845. The predicted molar refractivity (Wildman–Crippen MR) is 69.7 cm³/mol. The third-order valence-electron chi connectivity index (χ3n) is 3.85. The maximum absolute atomic E-state index is 9.01. The van der Waals surface area contributed by atoms with Crippen LogP contribution in [0.15, 0.2) is 35.7 Å². The van der Waals surface area contributed by atoms with Crippen molar-refractivity contribution in [2.24, 2.45) is 5.73 Å². The normalized spacial score (nSPS) is 28.4. The summed E-state index contributed by atoms with van der Waals surface area (Å²) in [4.78, 5) is 4.40. The van der Waals surface area contributed by atoms with Gasteiger partial charge in [0.2, 0.25) is 0 Å². The Morgan fingerprint density at radius 3 is 3.06 bits per heavy atom. The van der Waals surface area contributed by atoms with Gasteiger partial charge in [-0.3, -0.25) is 0 Å². The van der Waals surface area contributed by atoms with Crippen molar-refractivity contribution in [1.82, 2.24) is 4.98 Å². The van der Waals surface area contributed by atoms with Gasteiger partial charge in [-0.1, -0.05) is 0 Å². The van der Waals surface area contributed by atoms with Crippen LogP contribution >= 0.6 is 0 Å².